The van der Waals surface area contributed by atoms with Crippen molar-refractivity contribution in [1.82, 2.24) is 5.32 Å². The largest absolute Gasteiger partial charge is 0.488 e. The number of carbonyl (C=O) groups excluding carboxylic acids is 2. The molecule has 6 rings (SSSR count). The second-order valence-electron chi connectivity index (χ2n) is 9.73. The average Bonchev–Trinajstić information content (AvgIpc) is 2.76. The van der Waals surface area contributed by atoms with Gasteiger partial charge in [0.05, 0.1) is 0 Å². The Morgan fingerprint density at radius 1 is 0.938 bits per heavy atom. The predicted molar refractivity (Wildman–Crippen MR) is 117 cm³/mol. The molecule has 4 bridgehead atoms. The Balaban J connectivity index is 1.17. The van der Waals surface area contributed by atoms with Gasteiger partial charge in [-0.1, -0.05) is 24.3 Å². The average molecular weight is 438 g/mol. The number of para-hydroxylation sites is 1. The molecule has 4 saturated carbocycles. The Morgan fingerprint density at radius 2 is 1.56 bits per heavy atom. The van der Waals surface area contributed by atoms with E-state index in [1.54, 1.807) is 36.4 Å². The van der Waals surface area contributed by atoms with Crippen LogP contribution in [0.25, 0.3) is 0 Å². The zero-order chi connectivity index (χ0) is 22.1. The van der Waals surface area contributed by atoms with Gasteiger partial charge >= 0.3 is 5.97 Å². The zero-order valence-corrected chi connectivity index (χ0v) is 18.0. The Morgan fingerprint density at radius 3 is 2.22 bits per heavy atom. The van der Waals surface area contributed by atoms with Gasteiger partial charge in [0.15, 0.2) is 6.61 Å². The monoisotopic (exact) mass is 437 g/mol. The van der Waals surface area contributed by atoms with Crippen molar-refractivity contribution < 1.29 is 23.5 Å². The van der Waals surface area contributed by atoms with Crippen molar-refractivity contribution in [1.29, 1.82) is 0 Å². The molecule has 2 aromatic rings. The normalized spacial score (nSPS) is 27.7. The van der Waals surface area contributed by atoms with Crippen LogP contribution in [0.5, 0.6) is 5.75 Å². The van der Waals surface area contributed by atoms with Crippen molar-refractivity contribution >= 4 is 11.9 Å². The van der Waals surface area contributed by atoms with E-state index in [9.17, 15) is 14.0 Å². The zero-order valence-electron chi connectivity index (χ0n) is 18.0. The van der Waals surface area contributed by atoms with Crippen LogP contribution in [-0.2, 0) is 16.1 Å². The summed E-state index contributed by atoms with van der Waals surface area (Å²) in [6, 6.07) is 12.8. The SMILES string of the molecule is O=C(COC(=O)c1ccccc1OCc1ccc(F)cc1)NC12CC3CC(CC(C3)C1)C2. The van der Waals surface area contributed by atoms with E-state index in [1.165, 1.54) is 31.4 Å². The van der Waals surface area contributed by atoms with Crippen molar-refractivity contribution in [2.24, 2.45) is 17.8 Å². The molecule has 0 spiro atoms. The van der Waals surface area contributed by atoms with E-state index in [4.69, 9.17) is 9.47 Å². The Labute approximate surface area is 187 Å². The second-order valence-corrected chi connectivity index (χ2v) is 9.73. The molecule has 0 aliphatic heterocycles. The molecule has 1 N–H and O–H groups in total. The van der Waals surface area contributed by atoms with Crippen molar-refractivity contribution in [2.45, 2.75) is 50.7 Å². The Kier molecular flexibility index (Phi) is 5.62. The maximum absolute atomic E-state index is 13.1. The molecule has 0 heterocycles. The third kappa shape index (κ3) is 4.50. The maximum Gasteiger partial charge on any atom is 0.342 e. The molecule has 32 heavy (non-hydrogen) atoms. The highest BCUT2D eigenvalue weighted by Crippen LogP contribution is 2.55. The fourth-order valence-electron chi connectivity index (χ4n) is 6.31. The van der Waals surface area contributed by atoms with Gasteiger partial charge in [0.1, 0.15) is 23.7 Å². The predicted octanol–water partition coefficient (Wildman–Crippen LogP) is 4.65. The maximum atomic E-state index is 13.1. The van der Waals surface area contributed by atoms with E-state index in [0.717, 1.165) is 42.6 Å². The minimum atomic E-state index is -0.597. The highest BCUT2D eigenvalue weighted by atomic mass is 19.1. The number of amides is 1. The van der Waals surface area contributed by atoms with Crippen LogP contribution >= 0.6 is 0 Å². The van der Waals surface area contributed by atoms with E-state index < -0.39 is 5.97 Å². The van der Waals surface area contributed by atoms with Crippen molar-refractivity contribution in [3.63, 3.8) is 0 Å². The van der Waals surface area contributed by atoms with Crippen LogP contribution in [0.15, 0.2) is 48.5 Å². The van der Waals surface area contributed by atoms with Crippen LogP contribution in [0.1, 0.15) is 54.4 Å². The van der Waals surface area contributed by atoms with Gasteiger partial charge in [-0.15, -0.1) is 0 Å². The number of hydrogen-bond donors (Lipinski definition) is 1. The lowest BCUT2D eigenvalue weighted by atomic mass is 9.53. The summed E-state index contributed by atoms with van der Waals surface area (Å²) in [4.78, 5) is 25.3. The summed E-state index contributed by atoms with van der Waals surface area (Å²) in [6.07, 6.45) is 7.08. The fourth-order valence-corrected chi connectivity index (χ4v) is 6.31. The first-order chi connectivity index (χ1) is 15.5. The number of ether oxygens (including phenoxy) is 2. The quantitative estimate of drug-likeness (QED) is 0.641. The third-order valence-corrected chi connectivity index (χ3v) is 7.19. The first-order valence-corrected chi connectivity index (χ1v) is 11.4. The number of esters is 1. The number of nitrogens with one attached hydrogen (secondary N) is 1. The molecule has 0 radical (unpaired) electrons. The molecule has 4 aliphatic rings. The molecule has 6 heteroatoms. The molecular formula is C26H28FNO4. The van der Waals surface area contributed by atoms with E-state index in [-0.39, 0.29) is 36.0 Å². The number of carbonyl (C=O) groups is 2. The highest BCUT2D eigenvalue weighted by molar-refractivity contribution is 5.94. The van der Waals surface area contributed by atoms with Gasteiger partial charge in [-0.05, 0) is 86.1 Å². The van der Waals surface area contributed by atoms with Gasteiger partial charge in [-0.3, -0.25) is 4.79 Å². The number of hydrogen-bond acceptors (Lipinski definition) is 4. The summed E-state index contributed by atoms with van der Waals surface area (Å²) in [7, 11) is 0. The molecule has 4 aliphatic carbocycles. The van der Waals surface area contributed by atoms with E-state index in [1.807, 2.05) is 0 Å². The molecule has 2 aromatic carbocycles. The summed E-state index contributed by atoms with van der Waals surface area (Å²) in [6.45, 7) is -0.107. The van der Waals surface area contributed by atoms with Crippen LogP contribution < -0.4 is 10.1 Å². The Bertz CT molecular complexity index is 968. The molecule has 168 valence electrons. The van der Waals surface area contributed by atoms with Gasteiger partial charge in [0, 0.05) is 5.54 Å². The van der Waals surface area contributed by atoms with Crippen LogP contribution in [-0.4, -0.2) is 24.0 Å². The van der Waals surface area contributed by atoms with Crippen molar-refractivity contribution in [2.75, 3.05) is 6.61 Å². The number of rotatable bonds is 7. The molecule has 0 saturated heterocycles. The van der Waals surface area contributed by atoms with Gasteiger partial charge < -0.3 is 14.8 Å². The lowest BCUT2D eigenvalue weighted by molar-refractivity contribution is -0.130. The third-order valence-electron chi connectivity index (χ3n) is 7.19. The topological polar surface area (TPSA) is 64.6 Å². The van der Waals surface area contributed by atoms with Crippen LogP contribution in [0.4, 0.5) is 4.39 Å². The smallest absolute Gasteiger partial charge is 0.342 e. The van der Waals surface area contributed by atoms with Gasteiger partial charge in [0.25, 0.3) is 5.91 Å². The van der Waals surface area contributed by atoms with Crippen LogP contribution in [0.3, 0.4) is 0 Å². The number of halogens is 1. The summed E-state index contributed by atoms with van der Waals surface area (Å²) >= 11 is 0. The fraction of sp³-hybridized carbons (Fsp3) is 0.462. The first-order valence-electron chi connectivity index (χ1n) is 11.4. The minimum Gasteiger partial charge on any atom is -0.488 e. The van der Waals surface area contributed by atoms with Crippen molar-refractivity contribution in [3.8, 4) is 5.75 Å². The van der Waals surface area contributed by atoms with Crippen LogP contribution in [0.2, 0.25) is 0 Å². The Hall–Kier alpha value is -2.89. The van der Waals surface area contributed by atoms with E-state index in [0.29, 0.717) is 5.75 Å². The first kappa shape index (κ1) is 21.0. The van der Waals surface area contributed by atoms with Gasteiger partial charge in [-0.2, -0.15) is 0 Å². The van der Waals surface area contributed by atoms with Crippen LogP contribution in [0, 0.1) is 23.6 Å². The number of benzene rings is 2. The summed E-state index contributed by atoms with van der Waals surface area (Å²) in [5, 5.41) is 3.22. The van der Waals surface area contributed by atoms with Gasteiger partial charge in [-0.25, -0.2) is 9.18 Å². The van der Waals surface area contributed by atoms with E-state index >= 15 is 0 Å². The summed E-state index contributed by atoms with van der Waals surface area (Å²) in [5.74, 6) is 1.41. The standard InChI is InChI=1S/C26H28FNO4/c27-21-7-5-17(6-8-21)15-31-23-4-2-1-3-22(23)25(30)32-16-24(29)28-26-12-18-9-19(13-26)11-20(10-18)14-26/h1-8,18-20H,9-16H2,(H,28,29). The highest BCUT2D eigenvalue weighted by Gasteiger charge is 2.51. The molecule has 0 atom stereocenters. The molecule has 1 amide bonds. The second kappa shape index (κ2) is 8.57. The summed E-state index contributed by atoms with van der Waals surface area (Å²) < 4.78 is 24.2. The molecular weight excluding hydrogens is 409 g/mol. The molecule has 5 nitrogen and oxygen atoms in total. The lowest BCUT2D eigenvalue weighted by Crippen LogP contribution is -2.60. The molecule has 4 fully saturated rings. The lowest BCUT2D eigenvalue weighted by Gasteiger charge is -2.56. The van der Waals surface area contributed by atoms with Crippen molar-refractivity contribution in [3.05, 3.63) is 65.5 Å². The van der Waals surface area contributed by atoms with Gasteiger partial charge in [0.2, 0.25) is 0 Å². The summed E-state index contributed by atoms with van der Waals surface area (Å²) in [5.41, 5.74) is 0.941. The minimum absolute atomic E-state index is 0.103. The van der Waals surface area contributed by atoms with E-state index in [2.05, 4.69) is 5.32 Å². The molecule has 0 unspecified atom stereocenters. The molecule has 0 aromatic heterocycles.